The number of benzene rings is 1. The molecule has 1 aliphatic rings. The summed E-state index contributed by atoms with van der Waals surface area (Å²) >= 11 is 0. The second kappa shape index (κ2) is 3.95. The van der Waals surface area contributed by atoms with E-state index in [2.05, 4.69) is 4.99 Å². The van der Waals surface area contributed by atoms with E-state index in [0.29, 0.717) is 5.56 Å². The number of hydrogen-bond donors (Lipinski definition) is 0. The molecule has 90 valence electrons. The number of aliphatic imine (C=N–C) groups is 1. The minimum atomic E-state index is -0.498. The molecular formula is C13H14FNO2. The summed E-state index contributed by atoms with van der Waals surface area (Å²) in [5.41, 5.74) is 0.338. The van der Waals surface area contributed by atoms with Crippen LogP contribution in [0.2, 0.25) is 0 Å². The van der Waals surface area contributed by atoms with E-state index in [-0.39, 0.29) is 23.1 Å². The normalized spacial score (nSPS) is 20.1. The van der Waals surface area contributed by atoms with Crippen LogP contribution in [0, 0.1) is 11.2 Å². The molecule has 0 saturated carbocycles. The summed E-state index contributed by atoms with van der Waals surface area (Å²) in [6.07, 6.45) is 0. The van der Waals surface area contributed by atoms with Gasteiger partial charge >= 0.3 is 5.97 Å². The van der Waals surface area contributed by atoms with Crippen LogP contribution in [0.5, 0.6) is 0 Å². The molecule has 1 aliphatic heterocycles. The number of esters is 1. The van der Waals surface area contributed by atoms with E-state index in [1.807, 2.05) is 20.8 Å². The van der Waals surface area contributed by atoms with Gasteiger partial charge in [-0.15, -0.1) is 0 Å². The minimum Gasteiger partial charge on any atom is -0.406 e. The Morgan fingerprint density at radius 3 is 2.29 bits per heavy atom. The molecule has 17 heavy (non-hydrogen) atoms. The Bertz CT molecular complexity index is 471. The molecule has 0 aliphatic carbocycles. The Kier molecular flexibility index (Phi) is 2.73. The van der Waals surface area contributed by atoms with E-state index in [0.717, 1.165) is 0 Å². The highest BCUT2D eigenvalue weighted by Gasteiger charge is 2.38. The van der Waals surface area contributed by atoms with Gasteiger partial charge in [-0.3, -0.25) is 0 Å². The van der Waals surface area contributed by atoms with Crippen molar-refractivity contribution in [1.29, 1.82) is 0 Å². The van der Waals surface area contributed by atoms with Gasteiger partial charge in [0.2, 0.25) is 5.90 Å². The van der Waals surface area contributed by atoms with Crippen molar-refractivity contribution in [1.82, 2.24) is 0 Å². The number of halogens is 1. The zero-order chi connectivity index (χ0) is 12.6. The standard InChI is InChI=1S/C13H14FNO2/c1-13(2,3)10-12(16)17-11(15-10)8-4-6-9(14)7-5-8/h4-7,10H,1-3H3. The van der Waals surface area contributed by atoms with Gasteiger partial charge in [-0.25, -0.2) is 14.2 Å². The van der Waals surface area contributed by atoms with Crippen molar-refractivity contribution < 1.29 is 13.9 Å². The molecule has 0 N–H and O–H groups in total. The van der Waals surface area contributed by atoms with E-state index >= 15 is 0 Å². The molecule has 0 saturated heterocycles. The van der Waals surface area contributed by atoms with Crippen molar-refractivity contribution in [2.45, 2.75) is 26.8 Å². The second-order valence-corrected chi connectivity index (χ2v) is 5.13. The Labute approximate surface area is 99.3 Å². The number of carbonyl (C=O) groups excluding carboxylic acids is 1. The molecule has 1 aromatic carbocycles. The van der Waals surface area contributed by atoms with Crippen LogP contribution in [-0.2, 0) is 9.53 Å². The lowest BCUT2D eigenvalue weighted by Gasteiger charge is -2.20. The van der Waals surface area contributed by atoms with E-state index < -0.39 is 6.04 Å². The van der Waals surface area contributed by atoms with Gasteiger partial charge in [0.15, 0.2) is 6.04 Å². The van der Waals surface area contributed by atoms with Crippen molar-refractivity contribution in [2.75, 3.05) is 0 Å². The summed E-state index contributed by atoms with van der Waals surface area (Å²) in [6, 6.07) is 5.23. The van der Waals surface area contributed by atoms with Gasteiger partial charge in [-0.2, -0.15) is 0 Å². The van der Waals surface area contributed by atoms with Gasteiger partial charge in [0, 0.05) is 5.56 Å². The third kappa shape index (κ3) is 2.35. The number of carbonyl (C=O) groups is 1. The average Bonchev–Trinajstić information content (AvgIpc) is 2.61. The second-order valence-electron chi connectivity index (χ2n) is 5.13. The maximum atomic E-state index is 12.8. The Morgan fingerprint density at radius 1 is 1.24 bits per heavy atom. The highest BCUT2D eigenvalue weighted by molar-refractivity contribution is 6.06. The minimum absolute atomic E-state index is 0.273. The molecule has 1 atom stereocenters. The van der Waals surface area contributed by atoms with Gasteiger partial charge in [-0.05, 0) is 29.7 Å². The SMILES string of the molecule is CC(C)(C)C1N=C(c2ccc(F)cc2)OC1=O. The highest BCUT2D eigenvalue weighted by atomic mass is 19.1. The fourth-order valence-corrected chi connectivity index (χ4v) is 1.62. The molecule has 0 spiro atoms. The first-order valence-corrected chi connectivity index (χ1v) is 5.43. The van der Waals surface area contributed by atoms with Gasteiger partial charge in [0.25, 0.3) is 0 Å². The Balaban J connectivity index is 2.30. The van der Waals surface area contributed by atoms with Crippen LogP contribution in [0.4, 0.5) is 4.39 Å². The van der Waals surface area contributed by atoms with E-state index in [1.54, 1.807) is 12.1 Å². The summed E-state index contributed by atoms with van der Waals surface area (Å²) in [4.78, 5) is 15.9. The van der Waals surface area contributed by atoms with Crippen LogP contribution in [-0.4, -0.2) is 17.9 Å². The molecule has 0 fully saturated rings. The third-order valence-electron chi connectivity index (χ3n) is 2.58. The molecule has 0 aromatic heterocycles. The van der Waals surface area contributed by atoms with Crippen molar-refractivity contribution >= 4 is 11.9 Å². The number of cyclic esters (lactones) is 1. The summed E-state index contributed by atoms with van der Waals surface area (Å²) in [6.45, 7) is 5.78. The smallest absolute Gasteiger partial charge is 0.338 e. The summed E-state index contributed by atoms with van der Waals surface area (Å²) in [5, 5.41) is 0. The molecule has 0 radical (unpaired) electrons. The highest BCUT2D eigenvalue weighted by Crippen LogP contribution is 2.28. The Morgan fingerprint density at radius 2 is 1.82 bits per heavy atom. The monoisotopic (exact) mass is 235 g/mol. The van der Waals surface area contributed by atoms with Crippen molar-refractivity contribution in [3.8, 4) is 0 Å². The lowest BCUT2D eigenvalue weighted by Crippen LogP contribution is -2.30. The molecule has 1 heterocycles. The van der Waals surface area contributed by atoms with Gasteiger partial charge in [0.1, 0.15) is 5.82 Å². The number of ether oxygens (including phenoxy) is 1. The zero-order valence-electron chi connectivity index (χ0n) is 10.0. The largest absolute Gasteiger partial charge is 0.406 e. The average molecular weight is 235 g/mol. The van der Waals surface area contributed by atoms with Gasteiger partial charge < -0.3 is 4.74 Å². The van der Waals surface area contributed by atoms with Crippen LogP contribution in [0.15, 0.2) is 29.3 Å². The summed E-state index contributed by atoms with van der Waals surface area (Å²) < 4.78 is 17.9. The van der Waals surface area contributed by atoms with Gasteiger partial charge in [-0.1, -0.05) is 20.8 Å². The first-order chi connectivity index (χ1) is 7.88. The maximum absolute atomic E-state index is 12.8. The van der Waals surface area contributed by atoms with Gasteiger partial charge in [0.05, 0.1) is 0 Å². The topological polar surface area (TPSA) is 38.7 Å². The molecule has 3 nitrogen and oxygen atoms in total. The van der Waals surface area contributed by atoms with E-state index in [1.165, 1.54) is 12.1 Å². The quantitative estimate of drug-likeness (QED) is 0.702. The van der Waals surface area contributed by atoms with Crippen molar-refractivity contribution in [2.24, 2.45) is 10.4 Å². The number of hydrogen-bond acceptors (Lipinski definition) is 3. The molecule has 0 amide bonds. The predicted molar refractivity (Wildman–Crippen MR) is 62.3 cm³/mol. The van der Waals surface area contributed by atoms with Crippen molar-refractivity contribution in [3.63, 3.8) is 0 Å². The maximum Gasteiger partial charge on any atom is 0.338 e. The zero-order valence-corrected chi connectivity index (χ0v) is 10.0. The van der Waals surface area contributed by atoms with Crippen LogP contribution in [0.3, 0.4) is 0 Å². The Hall–Kier alpha value is -1.71. The van der Waals surface area contributed by atoms with Crippen LogP contribution in [0.25, 0.3) is 0 Å². The molecule has 4 heteroatoms. The molecule has 1 unspecified atom stereocenters. The molecule has 2 rings (SSSR count). The number of rotatable bonds is 1. The summed E-state index contributed by atoms with van der Waals surface area (Å²) in [7, 11) is 0. The van der Waals surface area contributed by atoms with Crippen LogP contribution in [0.1, 0.15) is 26.3 Å². The van der Waals surface area contributed by atoms with Crippen molar-refractivity contribution in [3.05, 3.63) is 35.6 Å². The van der Waals surface area contributed by atoms with Crippen LogP contribution < -0.4 is 0 Å². The van der Waals surface area contributed by atoms with Crippen LogP contribution >= 0.6 is 0 Å². The number of nitrogens with zero attached hydrogens (tertiary/aromatic N) is 1. The van der Waals surface area contributed by atoms with E-state index in [4.69, 9.17) is 4.74 Å². The predicted octanol–water partition coefficient (Wildman–Crippen LogP) is 2.54. The molecule has 1 aromatic rings. The summed E-state index contributed by atoms with van der Waals surface area (Å²) in [5.74, 6) is -0.405. The lowest BCUT2D eigenvalue weighted by atomic mass is 9.87. The lowest BCUT2D eigenvalue weighted by molar-refractivity contribution is -0.137. The molecule has 0 bridgehead atoms. The fraction of sp³-hybridized carbons (Fsp3) is 0.385. The first kappa shape index (κ1) is 11.8. The van der Waals surface area contributed by atoms with E-state index in [9.17, 15) is 9.18 Å². The molecular weight excluding hydrogens is 221 g/mol. The fourth-order valence-electron chi connectivity index (χ4n) is 1.62. The first-order valence-electron chi connectivity index (χ1n) is 5.43. The third-order valence-corrected chi connectivity index (χ3v) is 2.58.